The van der Waals surface area contributed by atoms with Crippen LogP contribution in [0, 0.1) is 0 Å². The van der Waals surface area contributed by atoms with Crippen LogP contribution in [0.4, 0.5) is 0 Å². The van der Waals surface area contributed by atoms with Gasteiger partial charge in [-0.2, -0.15) is 0 Å². The van der Waals surface area contributed by atoms with E-state index in [4.69, 9.17) is 4.74 Å². The molecule has 11 nitrogen and oxygen atoms in total. The molecule has 174 valence electrons. The van der Waals surface area contributed by atoms with Crippen LogP contribution in [0.2, 0.25) is 0 Å². The molecule has 2 N–H and O–H groups in total. The summed E-state index contributed by atoms with van der Waals surface area (Å²) in [6, 6.07) is -0.735. The number of nitrogens with zero attached hydrogens (tertiary/aromatic N) is 5. The summed E-state index contributed by atoms with van der Waals surface area (Å²) in [4.78, 5) is 38.8. The van der Waals surface area contributed by atoms with E-state index in [0.717, 1.165) is 29.6 Å². The summed E-state index contributed by atoms with van der Waals surface area (Å²) in [6.45, 7) is 0. The Morgan fingerprint density at radius 3 is 2.91 bits per heavy atom. The van der Waals surface area contributed by atoms with Crippen LogP contribution in [0.15, 0.2) is 51.7 Å². The summed E-state index contributed by atoms with van der Waals surface area (Å²) in [5.41, 5.74) is 3.73. The van der Waals surface area contributed by atoms with E-state index in [0.29, 0.717) is 22.2 Å². The maximum atomic E-state index is 12.9. The van der Waals surface area contributed by atoms with Crippen molar-refractivity contribution in [2.45, 2.75) is 35.8 Å². The Labute approximate surface area is 225 Å². The van der Waals surface area contributed by atoms with Crippen molar-refractivity contribution < 1.29 is 24.2 Å². The SMILES string of the molecule is Cn1nnnc1SCC1=C(C(=O)O)N2C(=O)C(NC(=O)CC3=C4C=COC=C4CC3)C2SC1.[NaH]. The number of β-lactam (4-membered cyclic amide) rings is 1. The van der Waals surface area contributed by atoms with Gasteiger partial charge in [0.05, 0.1) is 12.5 Å². The number of hydrogen-bond acceptors (Lipinski definition) is 9. The molecule has 3 aliphatic heterocycles. The molecular formula is C20H21N6NaO5S2. The van der Waals surface area contributed by atoms with Crippen LogP contribution in [0.25, 0.3) is 0 Å². The Hall–Kier alpha value is -2.06. The second-order valence-corrected chi connectivity index (χ2v) is 9.91. The number of hydrogen-bond donors (Lipinski definition) is 2. The van der Waals surface area contributed by atoms with E-state index in [1.54, 1.807) is 19.6 Å². The second-order valence-electron chi connectivity index (χ2n) is 7.86. The zero-order valence-electron chi connectivity index (χ0n) is 17.6. The molecule has 0 radical (unpaired) electrons. The fraction of sp³-hybridized carbons (Fsp3) is 0.400. The number of aliphatic carboxylic acids is 1. The summed E-state index contributed by atoms with van der Waals surface area (Å²) in [5, 5.41) is 23.9. The van der Waals surface area contributed by atoms with Crippen molar-refractivity contribution in [2.75, 3.05) is 11.5 Å². The van der Waals surface area contributed by atoms with Crippen LogP contribution < -0.4 is 5.32 Å². The molecule has 4 aliphatic rings. The summed E-state index contributed by atoms with van der Waals surface area (Å²) >= 11 is 2.76. The molecule has 2 unspecified atom stereocenters. The van der Waals surface area contributed by atoms with E-state index in [1.165, 1.54) is 33.1 Å². The van der Waals surface area contributed by atoms with Crippen LogP contribution >= 0.6 is 23.5 Å². The van der Waals surface area contributed by atoms with E-state index < -0.39 is 23.3 Å². The van der Waals surface area contributed by atoms with Crippen molar-refractivity contribution in [1.29, 1.82) is 0 Å². The van der Waals surface area contributed by atoms with Gasteiger partial charge in [-0.1, -0.05) is 17.3 Å². The average molecular weight is 513 g/mol. The predicted molar refractivity (Wildman–Crippen MR) is 126 cm³/mol. The third-order valence-corrected chi connectivity index (χ3v) is 8.28. The van der Waals surface area contributed by atoms with Crippen LogP contribution in [-0.2, 0) is 26.2 Å². The first-order valence-corrected chi connectivity index (χ1v) is 12.3. The number of tetrazole rings is 1. The van der Waals surface area contributed by atoms with E-state index >= 15 is 0 Å². The van der Waals surface area contributed by atoms with Crippen LogP contribution in [0.3, 0.4) is 0 Å². The number of fused-ring (bicyclic) bond motifs is 2. The fourth-order valence-electron chi connectivity index (χ4n) is 4.25. The standard InChI is InChI=1S/C20H20N6O5S2.Na.H/c1-25-20(22-23-24-25)33-9-12-8-32-18-15(17(28)26(18)16(12)19(29)30)21-14(27)6-10-2-3-11-7-31-5-4-13(10)11;;/h4-5,7,15,18H,2-3,6,8-9H2,1H3,(H,21,27)(H,29,30);;. The first-order chi connectivity index (χ1) is 15.9. The number of carboxylic acids is 1. The van der Waals surface area contributed by atoms with Crippen molar-refractivity contribution in [3.8, 4) is 0 Å². The Bertz CT molecular complexity index is 1180. The van der Waals surface area contributed by atoms with Gasteiger partial charge in [0.1, 0.15) is 17.1 Å². The zero-order chi connectivity index (χ0) is 23.1. The molecule has 1 aromatic rings. The van der Waals surface area contributed by atoms with Crippen molar-refractivity contribution >= 4 is 70.9 Å². The Morgan fingerprint density at radius 2 is 2.18 bits per heavy atom. The molecule has 0 spiro atoms. The summed E-state index contributed by atoms with van der Waals surface area (Å²) in [5.74, 6) is -1.02. The number of nitrogens with one attached hydrogen (secondary N) is 1. The van der Waals surface area contributed by atoms with Gasteiger partial charge in [-0.15, -0.1) is 16.9 Å². The van der Waals surface area contributed by atoms with Crippen LogP contribution in [0.5, 0.6) is 0 Å². The van der Waals surface area contributed by atoms with Crippen molar-refractivity contribution in [3.05, 3.63) is 46.6 Å². The number of carboxylic acid groups (broad SMARTS) is 1. The van der Waals surface area contributed by atoms with E-state index in [1.807, 2.05) is 6.08 Å². The second kappa shape index (κ2) is 10.3. The molecule has 2 amide bonds. The average Bonchev–Trinajstić information content (AvgIpc) is 3.41. The van der Waals surface area contributed by atoms with Crippen molar-refractivity contribution in [2.24, 2.45) is 7.05 Å². The Morgan fingerprint density at radius 1 is 1.35 bits per heavy atom. The molecule has 1 fully saturated rings. The molecule has 4 heterocycles. The first kappa shape index (κ1) is 25.0. The third-order valence-electron chi connectivity index (χ3n) is 5.84. The van der Waals surface area contributed by atoms with E-state index in [9.17, 15) is 19.5 Å². The number of carbonyl (C=O) groups excluding carboxylic acids is 2. The number of thioether (sulfide) groups is 2. The van der Waals surface area contributed by atoms with Crippen LogP contribution in [0.1, 0.15) is 19.3 Å². The molecular weight excluding hydrogens is 491 g/mol. The van der Waals surface area contributed by atoms with E-state index in [-0.39, 0.29) is 47.6 Å². The fourth-order valence-corrected chi connectivity index (χ4v) is 6.58. The summed E-state index contributed by atoms with van der Waals surface area (Å²) in [6.07, 6.45) is 6.95. The van der Waals surface area contributed by atoms with Gasteiger partial charge in [0.15, 0.2) is 0 Å². The number of carbonyl (C=O) groups is 3. The third kappa shape index (κ3) is 4.59. The van der Waals surface area contributed by atoms with E-state index in [2.05, 4.69) is 20.8 Å². The first-order valence-electron chi connectivity index (χ1n) is 10.2. The molecule has 2 atom stereocenters. The predicted octanol–water partition coefficient (Wildman–Crippen LogP) is 0.301. The van der Waals surface area contributed by atoms with Crippen molar-refractivity contribution in [1.82, 2.24) is 30.4 Å². The number of allylic oxidation sites excluding steroid dienone is 3. The molecule has 0 saturated carbocycles. The Balaban J connectivity index is 0.00000274. The zero-order valence-corrected chi connectivity index (χ0v) is 19.2. The van der Waals surface area contributed by atoms with Gasteiger partial charge in [-0.05, 0) is 46.1 Å². The van der Waals surface area contributed by atoms with Crippen molar-refractivity contribution in [3.63, 3.8) is 0 Å². The molecule has 1 aliphatic carbocycles. The molecule has 0 aromatic carbocycles. The van der Waals surface area contributed by atoms with Gasteiger partial charge >= 0.3 is 35.5 Å². The molecule has 34 heavy (non-hydrogen) atoms. The van der Waals surface area contributed by atoms with Crippen LogP contribution in [-0.4, -0.2) is 100 Å². The van der Waals surface area contributed by atoms with Gasteiger partial charge < -0.3 is 15.2 Å². The minimum absolute atomic E-state index is 0. The van der Waals surface area contributed by atoms with Gasteiger partial charge in [0.25, 0.3) is 5.91 Å². The molecule has 0 bridgehead atoms. The monoisotopic (exact) mass is 512 g/mol. The topological polar surface area (TPSA) is 140 Å². The number of aromatic nitrogens is 4. The number of rotatable bonds is 7. The molecule has 14 heteroatoms. The number of amides is 2. The normalized spacial score (nSPS) is 22.9. The maximum absolute atomic E-state index is 12.9. The summed E-state index contributed by atoms with van der Waals surface area (Å²) < 4.78 is 6.69. The molecule has 5 rings (SSSR count). The van der Waals surface area contributed by atoms with Gasteiger partial charge in [-0.25, -0.2) is 9.48 Å². The Kier molecular flexibility index (Phi) is 7.57. The quantitative estimate of drug-likeness (QED) is 0.298. The van der Waals surface area contributed by atoms with Gasteiger partial charge in [0.2, 0.25) is 11.1 Å². The molecule has 1 saturated heterocycles. The van der Waals surface area contributed by atoms with Gasteiger partial charge in [0, 0.05) is 25.0 Å². The van der Waals surface area contributed by atoms with Gasteiger partial charge in [-0.3, -0.25) is 14.5 Å². The molecule has 1 aromatic heterocycles. The number of aryl methyl sites for hydroxylation is 1. The minimum atomic E-state index is -1.16. The number of ether oxygens (including phenoxy) is 1. The summed E-state index contributed by atoms with van der Waals surface area (Å²) in [7, 11) is 1.70.